The van der Waals surface area contributed by atoms with Gasteiger partial charge in [0.15, 0.2) is 6.04 Å². The summed E-state index contributed by atoms with van der Waals surface area (Å²) in [6.07, 6.45) is -10.7. The van der Waals surface area contributed by atoms with E-state index in [-0.39, 0.29) is 6.07 Å². The molecule has 1 aromatic rings. The maximum absolute atomic E-state index is 13.7. The van der Waals surface area contributed by atoms with E-state index in [2.05, 4.69) is 0 Å². The Morgan fingerprint density at radius 3 is 2.05 bits per heavy atom. The molecular weight excluding hydrogens is 327 g/mol. The number of nitrogens with one attached hydrogen (secondary N) is 1. The minimum Gasteiger partial charge on any atom is -0.479 e. The van der Waals surface area contributed by atoms with Gasteiger partial charge < -0.3 is 10.4 Å². The molecule has 4 nitrogen and oxygen atoms in total. The number of carboxylic acid groups (broad SMARTS) is 1. The molecule has 0 bridgehead atoms. The van der Waals surface area contributed by atoms with Crippen LogP contribution in [0.5, 0.6) is 0 Å². The van der Waals surface area contributed by atoms with Crippen molar-refractivity contribution in [2.75, 3.05) is 0 Å². The molecule has 0 aromatic heterocycles. The number of amides is 1. The standard InChI is InChI=1S/C11H6F7NO3/c12-6-4(2-1-3-5(6)10(13,14)15)7(8(20)21)19-9(22)11(16,17)18/h1-3,7H,(H,19,22)(H,20,21). The van der Waals surface area contributed by atoms with Gasteiger partial charge in [-0.2, -0.15) is 26.3 Å². The Labute approximate surface area is 117 Å². The number of carboxylic acids is 1. The van der Waals surface area contributed by atoms with Gasteiger partial charge in [-0.15, -0.1) is 0 Å². The maximum atomic E-state index is 13.7. The van der Waals surface area contributed by atoms with E-state index in [1.807, 2.05) is 0 Å². The normalized spacial score (nSPS) is 13.6. The topological polar surface area (TPSA) is 66.4 Å². The van der Waals surface area contributed by atoms with Crippen LogP contribution in [0.1, 0.15) is 17.2 Å². The van der Waals surface area contributed by atoms with Crippen molar-refractivity contribution >= 4 is 11.9 Å². The van der Waals surface area contributed by atoms with E-state index < -0.39 is 47.2 Å². The highest BCUT2D eigenvalue weighted by Crippen LogP contribution is 2.34. The third-order valence-corrected chi connectivity index (χ3v) is 2.42. The highest BCUT2D eigenvalue weighted by molar-refractivity contribution is 5.87. The fraction of sp³-hybridized carbons (Fsp3) is 0.273. The van der Waals surface area contributed by atoms with Gasteiger partial charge in [0, 0.05) is 5.56 Å². The molecule has 0 fully saturated rings. The first-order valence-electron chi connectivity index (χ1n) is 5.31. The van der Waals surface area contributed by atoms with E-state index in [4.69, 9.17) is 5.11 Å². The molecule has 11 heteroatoms. The van der Waals surface area contributed by atoms with Crippen molar-refractivity contribution in [2.45, 2.75) is 18.4 Å². The summed E-state index contributed by atoms with van der Waals surface area (Å²) in [5, 5.41) is 9.65. The van der Waals surface area contributed by atoms with Gasteiger partial charge in [0.25, 0.3) is 0 Å². The Hall–Kier alpha value is -2.33. The van der Waals surface area contributed by atoms with Crippen LogP contribution in [0, 0.1) is 5.82 Å². The van der Waals surface area contributed by atoms with Crippen LogP contribution in [-0.2, 0) is 15.8 Å². The second kappa shape index (κ2) is 5.81. The van der Waals surface area contributed by atoms with Gasteiger partial charge in [-0.05, 0) is 6.07 Å². The monoisotopic (exact) mass is 333 g/mol. The first-order chi connectivity index (χ1) is 9.85. The van der Waals surface area contributed by atoms with Crippen LogP contribution in [0.3, 0.4) is 0 Å². The minimum atomic E-state index is -5.48. The van der Waals surface area contributed by atoms with Gasteiger partial charge in [0.1, 0.15) is 5.82 Å². The number of rotatable bonds is 3. The summed E-state index contributed by atoms with van der Waals surface area (Å²) < 4.78 is 87.4. The first kappa shape index (κ1) is 17.7. The molecule has 1 rings (SSSR count). The van der Waals surface area contributed by atoms with Crippen molar-refractivity contribution in [2.24, 2.45) is 0 Å². The molecule has 0 aliphatic heterocycles. The van der Waals surface area contributed by atoms with Gasteiger partial charge in [-0.25, -0.2) is 9.18 Å². The van der Waals surface area contributed by atoms with Crippen molar-refractivity contribution in [1.82, 2.24) is 5.32 Å². The average molecular weight is 333 g/mol. The van der Waals surface area contributed by atoms with Gasteiger partial charge in [0.05, 0.1) is 5.56 Å². The molecule has 22 heavy (non-hydrogen) atoms. The van der Waals surface area contributed by atoms with Crippen molar-refractivity contribution in [3.63, 3.8) is 0 Å². The lowest BCUT2D eigenvalue weighted by molar-refractivity contribution is -0.175. The van der Waals surface area contributed by atoms with Crippen LogP contribution in [0.25, 0.3) is 0 Å². The Balaban J connectivity index is 3.30. The third-order valence-electron chi connectivity index (χ3n) is 2.42. The van der Waals surface area contributed by atoms with Crippen molar-refractivity contribution in [1.29, 1.82) is 0 Å². The zero-order valence-electron chi connectivity index (χ0n) is 10.2. The second-order valence-corrected chi connectivity index (χ2v) is 3.95. The fourth-order valence-corrected chi connectivity index (χ4v) is 1.48. The van der Waals surface area contributed by atoms with Crippen molar-refractivity contribution < 1.29 is 45.4 Å². The summed E-state index contributed by atoms with van der Waals surface area (Å²) in [5.74, 6) is -6.96. The molecule has 122 valence electrons. The van der Waals surface area contributed by atoms with Gasteiger partial charge in [0.2, 0.25) is 0 Å². The predicted molar refractivity (Wildman–Crippen MR) is 56.0 cm³/mol. The minimum absolute atomic E-state index is 0.281. The number of halogens is 7. The molecule has 0 saturated heterocycles. The van der Waals surface area contributed by atoms with Gasteiger partial charge in [-0.3, -0.25) is 4.79 Å². The van der Waals surface area contributed by atoms with E-state index in [0.717, 1.165) is 5.32 Å². The highest BCUT2D eigenvalue weighted by Gasteiger charge is 2.43. The SMILES string of the molecule is O=C(O)C(NC(=O)C(F)(F)F)c1cccc(C(F)(F)F)c1F. The maximum Gasteiger partial charge on any atom is 0.471 e. The smallest absolute Gasteiger partial charge is 0.471 e. The largest absolute Gasteiger partial charge is 0.479 e. The molecule has 0 aliphatic rings. The first-order valence-corrected chi connectivity index (χ1v) is 5.31. The van der Waals surface area contributed by atoms with Crippen LogP contribution >= 0.6 is 0 Å². The van der Waals surface area contributed by atoms with E-state index in [1.54, 1.807) is 0 Å². The quantitative estimate of drug-likeness (QED) is 0.836. The summed E-state index contributed by atoms with van der Waals surface area (Å²) in [7, 11) is 0. The number of benzene rings is 1. The molecule has 1 aromatic carbocycles. The second-order valence-electron chi connectivity index (χ2n) is 3.95. The molecule has 1 atom stereocenters. The Kier molecular flexibility index (Phi) is 4.68. The van der Waals surface area contributed by atoms with Crippen LogP contribution in [0.15, 0.2) is 18.2 Å². The van der Waals surface area contributed by atoms with E-state index in [1.165, 1.54) is 0 Å². The number of carbonyl (C=O) groups excluding carboxylic acids is 1. The highest BCUT2D eigenvalue weighted by atomic mass is 19.4. The van der Waals surface area contributed by atoms with Crippen LogP contribution < -0.4 is 5.32 Å². The Bertz CT molecular complexity index is 594. The summed E-state index contributed by atoms with van der Waals surface area (Å²) in [6, 6.07) is -1.21. The molecule has 0 saturated carbocycles. The Morgan fingerprint density at radius 1 is 1.09 bits per heavy atom. The van der Waals surface area contributed by atoms with Crippen LogP contribution in [0.2, 0.25) is 0 Å². The van der Waals surface area contributed by atoms with Crippen molar-refractivity contribution in [3.8, 4) is 0 Å². The molecule has 2 N–H and O–H groups in total. The third kappa shape index (κ3) is 3.86. The lowest BCUT2D eigenvalue weighted by Gasteiger charge is -2.18. The average Bonchev–Trinajstić information content (AvgIpc) is 2.33. The Morgan fingerprint density at radius 2 is 1.64 bits per heavy atom. The summed E-state index contributed by atoms with van der Waals surface area (Å²) in [5.41, 5.74) is -3.11. The molecule has 0 radical (unpaired) electrons. The number of carbonyl (C=O) groups is 2. The summed E-state index contributed by atoms with van der Waals surface area (Å²) >= 11 is 0. The lowest BCUT2D eigenvalue weighted by Crippen LogP contribution is -2.42. The van der Waals surface area contributed by atoms with Crippen molar-refractivity contribution in [3.05, 3.63) is 35.1 Å². The molecular formula is C11H6F7NO3. The number of hydrogen-bond donors (Lipinski definition) is 2. The predicted octanol–water partition coefficient (Wildman–Crippen LogP) is 2.65. The number of aliphatic carboxylic acids is 1. The van der Waals surface area contributed by atoms with Gasteiger partial charge in [-0.1, -0.05) is 12.1 Å². The fourth-order valence-electron chi connectivity index (χ4n) is 1.48. The molecule has 0 heterocycles. The van der Waals surface area contributed by atoms with E-state index in [0.29, 0.717) is 12.1 Å². The van der Waals surface area contributed by atoms with E-state index >= 15 is 0 Å². The zero-order valence-corrected chi connectivity index (χ0v) is 10.2. The van der Waals surface area contributed by atoms with Crippen LogP contribution in [-0.4, -0.2) is 23.2 Å². The summed E-state index contributed by atoms with van der Waals surface area (Å²) in [6.45, 7) is 0. The number of alkyl halides is 6. The summed E-state index contributed by atoms with van der Waals surface area (Å²) in [4.78, 5) is 21.5. The number of hydrogen-bond acceptors (Lipinski definition) is 2. The molecule has 0 spiro atoms. The van der Waals surface area contributed by atoms with E-state index in [9.17, 15) is 40.3 Å². The molecule has 0 aliphatic carbocycles. The zero-order chi connectivity index (χ0) is 17.3. The lowest BCUT2D eigenvalue weighted by atomic mass is 10.0. The van der Waals surface area contributed by atoms with Crippen LogP contribution in [0.4, 0.5) is 30.7 Å². The molecule has 1 unspecified atom stereocenters. The van der Waals surface area contributed by atoms with Gasteiger partial charge >= 0.3 is 24.2 Å². The molecule has 1 amide bonds.